The van der Waals surface area contributed by atoms with Gasteiger partial charge in [0.2, 0.25) is 11.8 Å². The molecule has 2 aromatic rings. The van der Waals surface area contributed by atoms with Crippen molar-refractivity contribution < 1.29 is 14.0 Å². The summed E-state index contributed by atoms with van der Waals surface area (Å²) in [4.78, 5) is 22.9. The highest BCUT2D eigenvalue weighted by Gasteiger charge is 2.07. The third-order valence-electron chi connectivity index (χ3n) is 2.85. The summed E-state index contributed by atoms with van der Waals surface area (Å²) in [5.41, 5.74) is 1.24. The number of halogens is 2. The smallest absolute Gasteiger partial charge is 0.243 e. The van der Waals surface area contributed by atoms with E-state index in [4.69, 9.17) is 0 Å². The molecule has 0 heterocycles. The molecule has 5 nitrogen and oxygen atoms in total. The summed E-state index contributed by atoms with van der Waals surface area (Å²) in [6.07, 6.45) is 0. The Kier molecular flexibility index (Phi) is 5.70. The van der Waals surface area contributed by atoms with Crippen LogP contribution in [0.5, 0.6) is 0 Å². The van der Waals surface area contributed by atoms with Crippen molar-refractivity contribution in [3.05, 3.63) is 52.8 Å². The van der Waals surface area contributed by atoms with E-state index in [1.807, 2.05) is 0 Å². The molecule has 2 aromatic carbocycles. The lowest BCUT2D eigenvalue weighted by atomic mass is 10.2. The van der Waals surface area contributed by atoms with Gasteiger partial charge < -0.3 is 16.0 Å². The zero-order valence-electron chi connectivity index (χ0n) is 12.3. The van der Waals surface area contributed by atoms with Gasteiger partial charge in [0.25, 0.3) is 0 Å². The first-order chi connectivity index (χ1) is 10.9. The summed E-state index contributed by atoms with van der Waals surface area (Å²) in [7, 11) is 0. The summed E-state index contributed by atoms with van der Waals surface area (Å²) < 4.78 is 14.6. The van der Waals surface area contributed by atoms with Crippen LogP contribution in [-0.4, -0.2) is 18.4 Å². The van der Waals surface area contributed by atoms with E-state index in [9.17, 15) is 14.0 Å². The highest BCUT2D eigenvalue weighted by molar-refractivity contribution is 9.10. The van der Waals surface area contributed by atoms with Crippen molar-refractivity contribution in [3.8, 4) is 0 Å². The molecule has 2 amide bonds. The van der Waals surface area contributed by atoms with E-state index in [0.717, 1.165) is 4.47 Å². The molecular formula is C16H15BrFN3O2. The molecule has 0 saturated carbocycles. The molecule has 2 rings (SSSR count). The fourth-order valence-electron chi connectivity index (χ4n) is 1.86. The second-order valence-electron chi connectivity index (χ2n) is 4.78. The summed E-state index contributed by atoms with van der Waals surface area (Å²) in [5.74, 6) is -1.07. The third kappa shape index (κ3) is 5.37. The molecule has 0 aliphatic heterocycles. The molecule has 0 spiro atoms. The van der Waals surface area contributed by atoms with Crippen LogP contribution in [0.3, 0.4) is 0 Å². The predicted octanol–water partition coefficient (Wildman–Crippen LogP) is 3.60. The van der Waals surface area contributed by atoms with Crippen molar-refractivity contribution >= 4 is 44.8 Å². The monoisotopic (exact) mass is 379 g/mol. The molecule has 0 fully saturated rings. The normalized spacial score (nSPS) is 10.0. The number of hydrogen-bond acceptors (Lipinski definition) is 3. The van der Waals surface area contributed by atoms with Crippen LogP contribution in [0.4, 0.5) is 21.5 Å². The highest BCUT2D eigenvalue weighted by Crippen LogP contribution is 2.19. The summed E-state index contributed by atoms with van der Waals surface area (Å²) in [6, 6.07) is 11.2. The van der Waals surface area contributed by atoms with Crippen LogP contribution in [0.15, 0.2) is 46.9 Å². The molecule has 3 N–H and O–H groups in total. The topological polar surface area (TPSA) is 70.2 Å². The number of rotatable bonds is 5. The van der Waals surface area contributed by atoms with Crippen molar-refractivity contribution in [1.82, 2.24) is 0 Å². The summed E-state index contributed by atoms with van der Waals surface area (Å²) in [6.45, 7) is 1.26. The number of hydrogen-bond donors (Lipinski definition) is 3. The van der Waals surface area contributed by atoms with Crippen molar-refractivity contribution in [2.24, 2.45) is 0 Å². The van der Waals surface area contributed by atoms with Crippen molar-refractivity contribution in [1.29, 1.82) is 0 Å². The second kappa shape index (κ2) is 7.73. The maximum Gasteiger partial charge on any atom is 0.243 e. The number of carbonyl (C=O) groups is 2. The minimum Gasteiger partial charge on any atom is -0.374 e. The minimum absolute atomic E-state index is 0.101. The average Bonchev–Trinajstić information content (AvgIpc) is 2.49. The van der Waals surface area contributed by atoms with Gasteiger partial charge in [-0.25, -0.2) is 4.39 Å². The maximum absolute atomic E-state index is 13.7. The predicted molar refractivity (Wildman–Crippen MR) is 92.0 cm³/mol. The molecule has 7 heteroatoms. The number of carbonyl (C=O) groups excluding carboxylic acids is 2. The molecule has 0 aromatic heterocycles. The SMILES string of the molecule is CC(=O)Nc1ccc(F)c(NCC(=O)Nc2ccc(Br)cc2)c1. The largest absolute Gasteiger partial charge is 0.374 e. The Bertz CT molecular complexity index is 720. The first kappa shape index (κ1) is 17.0. The Morgan fingerprint density at radius 2 is 1.70 bits per heavy atom. The van der Waals surface area contributed by atoms with Crippen LogP contribution in [0.1, 0.15) is 6.92 Å². The van der Waals surface area contributed by atoms with Gasteiger partial charge in [0, 0.05) is 22.8 Å². The standard InChI is InChI=1S/C16H15BrFN3O2/c1-10(22)20-13-6-7-14(18)15(8-13)19-9-16(23)21-12-4-2-11(17)3-5-12/h2-8,19H,9H2,1H3,(H,20,22)(H,21,23). The van der Waals surface area contributed by atoms with Crippen molar-refractivity contribution in [2.75, 3.05) is 22.5 Å². The minimum atomic E-state index is -0.504. The van der Waals surface area contributed by atoms with E-state index in [0.29, 0.717) is 11.4 Å². The van der Waals surface area contributed by atoms with Crippen LogP contribution in [0.25, 0.3) is 0 Å². The van der Waals surface area contributed by atoms with E-state index in [1.54, 1.807) is 24.3 Å². The second-order valence-corrected chi connectivity index (χ2v) is 5.70. The molecule has 23 heavy (non-hydrogen) atoms. The van der Waals surface area contributed by atoms with E-state index < -0.39 is 5.82 Å². The highest BCUT2D eigenvalue weighted by atomic mass is 79.9. The number of benzene rings is 2. The Morgan fingerprint density at radius 3 is 2.35 bits per heavy atom. The molecule has 120 valence electrons. The van der Waals surface area contributed by atoms with Crippen molar-refractivity contribution in [2.45, 2.75) is 6.92 Å². The Morgan fingerprint density at radius 1 is 1.04 bits per heavy atom. The van der Waals surface area contributed by atoms with Crippen LogP contribution < -0.4 is 16.0 Å². The maximum atomic E-state index is 13.7. The molecular weight excluding hydrogens is 365 g/mol. The van der Waals surface area contributed by atoms with E-state index in [1.165, 1.54) is 25.1 Å². The third-order valence-corrected chi connectivity index (χ3v) is 3.38. The van der Waals surface area contributed by atoms with Gasteiger partial charge in [-0.15, -0.1) is 0 Å². The van der Waals surface area contributed by atoms with Gasteiger partial charge in [0.05, 0.1) is 12.2 Å². The first-order valence-corrected chi connectivity index (χ1v) is 7.60. The Labute approximate surface area is 141 Å². The Balaban J connectivity index is 1.95. The van der Waals surface area contributed by atoms with E-state index in [2.05, 4.69) is 31.9 Å². The molecule has 0 aliphatic rings. The summed E-state index contributed by atoms with van der Waals surface area (Å²) in [5, 5.41) is 7.96. The quantitative estimate of drug-likeness (QED) is 0.743. The van der Waals surface area contributed by atoms with Gasteiger partial charge in [-0.05, 0) is 42.5 Å². The molecule has 0 bridgehead atoms. The Hall–Kier alpha value is -2.41. The fraction of sp³-hybridized carbons (Fsp3) is 0.125. The lowest BCUT2D eigenvalue weighted by molar-refractivity contribution is -0.115. The van der Waals surface area contributed by atoms with Gasteiger partial charge in [0.15, 0.2) is 0 Å². The van der Waals surface area contributed by atoms with E-state index in [-0.39, 0.29) is 24.0 Å². The fourth-order valence-corrected chi connectivity index (χ4v) is 2.12. The zero-order chi connectivity index (χ0) is 16.8. The average molecular weight is 380 g/mol. The molecule has 0 radical (unpaired) electrons. The van der Waals surface area contributed by atoms with Crippen LogP contribution in [0, 0.1) is 5.82 Å². The van der Waals surface area contributed by atoms with Crippen LogP contribution >= 0.6 is 15.9 Å². The molecule has 0 saturated heterocycles. The first-order valence-electron chi connectivity index (χ1n) is 6.80. The zero-order valence-corrected chi connectivity index (χ0v) is 13.9. The number of anilines is 3. The summed E-state index contributed by atoms with van der Waals surface area (Å²) >= 11 is 3.31. The van der Waals surface area contributed by atoms with Gasteiger partial charge >= 0.3 is 0 Å². The number of nitrogens with one attached hydrogen (secondary N) is 3. The van der Waals surface area contributed by atoms with Crippen molar-refractivity contribution in [3.63, 3.8) is 0 Å². The van der Waals surface area contributed by atoms with Gasteiger partial charge in [0.1, 0.15) is 5.82 Å². The van der Waals surface area contributed by atoms with Crippen LogP contribution in [0.2, 0.25) is 0 Å². The lowest BCUT2D eigenvalue weighted by Gasteiger charge is -2.10. The molecule has 0 unspecified atom stereocenters. The van der Waals surface area contributed by atoms with Gasteiger partial charge in [-0.3, -0.25) is 9.59 Å². The van der Waals surface area contributed by atoms with E-state index >= 15 is 0 Å². The van der Waals surface area contributed by atoms with Crippen LogP contribution in [-0.2, 0) is 9.59 Å². The van der Waals surface area contributed by atoms with Gasteiger partial charge in [-0.1, -0.05) is 15.9 Å². The van der Waals surface area contributed by atoms with Gasteiger partial charge in [-0.2, -0.15) is 0 Å². The molecule has 0 aliphatic carbocycles. The number of amides is 2. The lowest BCUT2D eigenvalue weighted by Crippen LogP contribution is -2.22. The molecule has 0 atom stereocenters.